The van der Waals surface area contributed by atoms with Crippen molar-refractivity contribution in [3.63, 3.8) is 0 Å². The first-order chi connectivity index (χ1) is 14.8. The van der Waals surface area contributed by atoms with Gasteiger partial charge in [-0.05, 0) is 42.8 Å². The van der Waals surface area contributed by atoms with Gasteiger partial charge in [-0.25, -0.2) is 9.97 Å². The van der Waals surface area contributed by atoms with Crippen LogP contribution in [0.3, 0.4) is 0 Å². The Bertz CT molecular complexity index is 1510. The summed E-state index contributed by atoms with van der Waals surface area (Å²) < 4.78 is 1.94. The lowest BCUT2D eigenvalue weighted by molar-refractivity contribution is 1.01. The predicted molar refractivity (Wildman–Crippen MR) is 116 cm³/mol. The molecule has 0 amide bonds. The lowest BCUT2D eigenvalue weighted by Gasteiger charge is -2.01. The zero-order valence-electron chi connectivity index (χ0n) is 16.2. The lowest BCUT2D eigenvalue weighted by Crippen LogP contribution is -1.94. The molecule has 5 aromatic heterocycles. The van der Waals surface area contributed by atoms with Crippen LogP contribution in [-0.2, 0) is 0 Å². The van der Waals surface area contributed by atoms with Gasteiger partial charge in [0.25, 0.3) is 0 Å². The molecule has 7 heteroatoms. The summed E-state index contributed by atoms with van der Waals surface area (Å²) in [7, 11) is 0. The largest absolute Gasteiger partial charge is 0.353 e. The molecule has 0 fully saturated rings. The molecule has 0 saturated carbocycles. The van der Waals surface area contributed by atoms with Crippen molar-refractivity contribution in [3.8, 4) is 28.3 Å². The first-order valence-corrected chi connectivity index (χ1v) is 9.64. The van der Waals surface area contributed by atoms with E-state index >= 15 is 0 Å². The van der Waals surface area contributed by atoms with Crippen molar-refractivity contribution >= 4 is 21.8 Å². The first-order valence-electron chi connectivity index (χ1n) is 9.64. The molecular weight excluding hydrogens is 374 g/mol. The zero-order chi connectivity index (χ0) is 20.1. The fourth-order valence-electron chi connectivity index (χ4n) is 3.84. The molecule has 0 bridgehead atoms. The van der Waals surface area contributed by atoms with E-state index < -0.39 is 0 Å². The summed E-state index contributed by atoms with van der Waals surface area (Å²) in [5, 5.41) is 9.80. The van der Waals surface area contributed by atoms with Crippen molar-refractivity contribution < 1.29 is 0 Å². The minimum absolute atomic E-state index is 0.839. The number of imidazole rings is 1. The number of nitrogens with one attached hydrogen (secondary N) is 2. The maximum Gasteiger partial charge on any atom is 0.147 e. The molecule has 0 unspecified atom stereocenters. The Morgan fingerprint density at radius 3 is 2.70 bits per heavy atom. The second kappa shape index (κ2) is 6.38. The number of hydrogen-bond donors (Lipinski definition) is 2. The number of rotatable bonds is 3. The molecule has 144 valence electrons. The number of benzene rings is 1. The van der Waals surface area contributed by atoms with E-state index in [4.69, 9.17) is 0 Å². The van der Waals surface area contributed by atoms with E-state index in [-0.39, 0.29) is 0 Å². The van der Waals surface area contributed by atoms with Crippen molar-refractivity contribution in [1.82, 2.24) is 34.7 Å². The molecule has 0 aliphatic rings. The number of fused-ring (bicyclic) bond motifs is 2. The monoisotopic (exact) mass is 391 g/mol. The van der Waals surface area contributed by atoms with Crippen LogP contribution in [0, 0.1) is 6.92 Å². The van der Waals surface area contributed by atoms with Gasteiger partial charge in [0, 0.05) is 41.1 Å². The number of pyridine rings is 2. The quantitative estimate of drug-likeness (QED) is 0.459. The van der Waals surface area contributed by atoms with E-state index in [1.807, 2.05) is 36.0 Å². The van der Waals surface area contributed by atoms with Gasteiger partial charge in [-0.2, -0.15) is 5.10 Å². The van der Waals surface area contributed by atoms with Crippen LogP contribution >= 0.6 is 0 Å². The lowest BCUT2D eigenvalue weighted by atomic mass is 10.0. The fraction of sp³-hybridized carbons (Fsp3) is 0.0435. The van der Waals surface area contributed by atoms with Crippen LogP contribution in [0.4, 0.5) is 0 Å². The summed E-state index contributed by atoms with van der Waals surface area (Å²) in [6, 6.07) is 14.4. The standard InChI is InChI=1S/C23H17N7/c1-14-12-30(13-26-14)23-18-10-21(27-19(18)6-8-25-23)22-17-9-15(4-5-20(17)28-29-22)16-3-2-7-24-11-16/h2-13,27H,1H3,(H,28,29). The van der Waals surface area contributed by atoms with Gasteiger partial charge in [0.1, 0.15) is 17.8 Å². The van der Waals surface area contributed by atoms with Gasteiger partial charge in [-0.15, -0.1) is 0 Å². The molecule has 0 saturated heterocycles. The highest BCUT2D eigenvalue weighted by atomic mass is 15.1. The normalized spacial score (nSPS) is 11.5. The summed E-state index contributed by atoms with van der Waals surface area (Å²) in [5.74, 6) is 0.839. The molecule has 30 heavy (non-hydrogen) atoms. The Labute approximate surface area is 171 Å². The topological polar surface area (TPSA) is 88.1 Å². The van der Waals surface area contributed by atoms with Crippen molar-refractivity contribution in [2.75, 3.05) is 0 Å². The smallest absolute Gasteiger partial charge is 0.147 e. The van der Waals surface area contributed by atoms with E-state index in [9.17, 15) is 0 Å². The van der Waals surface area contributed by atoms with Gasteiger partial charge in [0.05, 0.1) is 22.4 Å². The summed E-state index contributed by atoms with van der Waals surface area (Å²) in [6.45, 7) is 1.97. The molecule has 0 aliphatic heterocycles. The summed E-state index contributed by atoms with van der Waals surface area (Å²) in [4.78, 5) is 16.6. The SMILES string of the molecule is Cc1cn(-c2nccc3[nH]c(-c4n[nH]c5ccc(-c6cccnc6)cc45)cc23)cn1. The van der Waals surface area contributed by atoms with Crippen LogP contribution < -0.4 is 0 Å². The van der Waals surface area contributed by atoms with E-state index in [2.05, 4.69) is 60.5 Å². The van der Waals surface area contributed by atoms with Gasteiger partial charge in [-0.3, -0.25) is 14.6 Å². The molecule has 0 spiro atoms. The molecule has 0 atom stereocenters. The first kappa shape index (κ1) is 16.7. The second-order valence-electron chi connectivity index (χ2n) is 7.28. The zero-order valence-corrected chi connectivity index (χ0v) is 16.2. The number of aromatic amines is 2. The minimum Gasteiger partial charge on any atom is -0.353 e. The molecule has 0 aliphatic carbocycles. The highest BCUT2D eigenvalue weighted by molar-refractivity contribution is 5.98. The molecule has 2 N–H and O–H groups in total. The Kier molecular flexibility index (Phi) is 3.55. The molecule has 5 heterocycles. The fourth-order valence-corrected chi connectivity index (χ4v) is 3.84. The minimum atomic E-state index is 0.839. The summed E-state index contributed by atoms with van der Waals surface area (Å²) in [5.41, 5.74) is 6.92. The number of hydrogen-bond acceptors (Lipinski definition) is 4. The van der Waals surface area contributed by atoms with Gasteiger partial charge in [-0.1, -0.05) is 12.1 Å². The Morgan fingerprint density at radius 1 is 0.900 bits per heavy atom. The number of H-pyrrole nitrogens is 2. The van der Waals surface area contributed by atoms with Gasteiger partial charge in [0.15, 0.2) is 0 Å². The molecule has 6 aromatic rings. The highest BCUT2D eigenvalue weighted by Crippen LogP contribution is 2.32. The third kappa shape index (κ3) is 2.60. The van der Waals surface area contributed by atoms with Crippen molar-refractivity contribution in [2.45, 2.75) is 6.92 Å². The van der Waals surface area contributed by atoms with Crippen LogP contribution in [0.15, 0.2) is 73.6 Å². The Morgan fingerprint density at radius 2 is 1.87 bits per heavy atom. The van der Waals surface area contributed by atoms with Gasteiger partial charge < -0.3 is 4.98 Å². The van der Waals surface area contributed by atoms with Crippen LogP contribution in [0.2, 0.25) is 0 Å². The number of aromatic nitrogens is 7. The van der Waals surface area contributed by atoms with E-state index in [0.717, 1.165) is 55.8 Å². The van der Waals surface area contributed by atoms with E-state index in [0.29, 0.717) is 0 Å². The predicted octanol–water partition coefficient (Wildman–Crippen LogP) is 4.66. The Balaban J connectivity index is 1.52. The van der Waals surface area contributed by atoms with Gasteiger partial charge >= 0.3 is 0 Å². The van der Waals surface area contributed by atoms with Gasteiger partial charge in [0.2, 0.25) is 0 Å². The third-order valence-electron chi connectivity index (χ3n) is 5.30. The molecule has 1 aromatic carbocycles. The average molecular weight is 391 g/mol. The number of nitrogens with zero attached hydrogens (tertiary/aromatic N) is 5. The van der Waals surface area contributed by atoms with Crippen LogP contribution in [0.5, 0.6) is 0 Å². The molecule has 0 radical (unpaired) electrons. The van der Waals surface area contributed by atoms with E-state index in [1.54, 1.807) is 18.7 Å². The molecule has 7 nitrogen and oxygen atoms in total. The van der Waals surface area contributed by atoms with Crippen molar-refractivity contribution in [3.05, 3.63) is 79.3 Å². The van der Waals surface area contributed by atoms with Crippen LogP contribution in [0.25, 0.3) is 50.1 Å². The van der Waals surface area contributed by atoms with Crippen molar-refractivity contribution in [2.24, 2.45) is 0 Å². The van der Waals surface area contributed by atoms with Crippen LogP contribution in [0.1, 0.15) is 5.69 Å². The number of aryl methyl sites for hydroxylation is 1. The Hall–Kier alpha value is -4.26. The van der Waals surface area contributed by atoms with Crippen molar-refractivity contribution in [1.29, 1.82) is 0 Å². The summed E-state index contributed by atoms with van der Waals surface area (Å²) in [6.07, 6.45) is 9.21. The maximum atomic E-state index is 4.59. The maximum absolute atomic E-state index is 4.59. The molecular formula is C23H17N7. The highest BCUT2D eigenvalue weighted by Gasteiger charge is 2.15. The average Bonchev–Trinajstić information content (AvgIpc) is 3.51. The third-order valence-corrected chi connectivity index (χ3v) is 5.30. The van der Waals surface area contributed by atoms with Crippen LogP contribution in [-0.4, -0.2) is 34.7 Å². The second-order valence-corrected chi connectivity index (χ2v) is 7.28. The van der Waals surface area contributed by atoms with E-state index in [1.165, 1.54) is 0 Å². The summed E-state index contributed by atoms with van der Waals surface area (Å²) >= 11 is 0. The molecule has 6 rings (SSSR count).